The van der Waals surface area contributed by atoms with Gasteiger partial charge in [-0.25, -0.2) is 8.42 Å². The van der Waals surface area contributed by atoms with Crippen LogP contribution in [0, 0.1) is 0 Å². The molecule has 0 amide bonds. The lowest BCUT2D eigenvalue weighted by Crippen LogP contribution is -2.40. The first-order chi connectivity index (χ1) is 12.5. The lowest BCUT2D eigenvalue weighted by atomic mass is 10.3. The molecule has 26 heavy (non-hydrogen) atoms. The van der Waals surface area contributed by atoms with Crippen LogP contribution >= 0.6 is 15.9 Å². The quantitative estimate of drug-likeness (QED) is 0.680. The summed E-state index contributed by atoms with van der Waals surface area (Å²) in [6, 6.07) is 14.5. The number of hydrogen-bond donors (Lipinski definition) is 0. The number of fused-ring (bicyclic) bond motifs is 1. The van der Waals surface area contributed by atoms with Gasteiger partial charge in [-0.05, 0) is 36.8 Å². The van der Waals surface area contributed by atoms with Crippen LogP contribution in [0.1, 0.15) is 19.8 Å². The number of ether oxygens (including phenoxy) is 2. The molecule has 2 aromatic rings. The average molecular weight is 440 g/mol. The van der Waals surface area contributed by atoms with Gasteiger partial charge in [0.15, 0.2) is 0 Å². The molecule has 0 fully saturated rings. The van der Waals surface area contributed by atoms with Crippen LogP contribution in [0.5, 0.6) is 11.5 Å². The molecule has 0 aromatic heterocycles. The first-order valence-corrected chi connectivity index (χ1v) is 10.9. The van der Waals surface area contributed by atoms with Gasteiger partial charge in [0, 0.05) is 11.0 Å². The third-order valence-electron chi connectivity index (χ3n) is 4.16. The second-order valence-corrected chi connectivity index (χ2v) is 8.99. The molecular weight excluding hydrogens is 418 g/mol. The molecular formula is C19H22BrNO4S. The molecule has 0 saturated heterocycles. The maximum absolute atomic E-state index is 13.1. The van der Waals surface area contributed by atoms with Crippen LogP contribution < -0.4 is 9.47 Å². The summed E-state index contributed by atoms with van der Waals surface area (Å²) in [5.74, 6) is 1.10. The summed E-state index contributed by atoms with van der Waals surface area (Å²) in [5, 5.41) is 0. The topological polar surface area (TPSA) is 55.8 Å². The minimum atomic E-state index is -3.59. The van der Waals surface area contributed by atoms with Crippen molar-refractivity contribution >= 4 is 26.0 Å². The van der Waals surface area contributed by atoms with Gasteiger partial charge in [0.25, 0.3) is 0 Å². The number of sulfonamides is 1. The Morgan fingerprint density at radius 3 is 2.73 bits per heavy atom. The Morgan fingerprint density at radius 1 is 1.23 bits per heavy atom. The molecule has 1 unspecified atom stereocenters. The fourth-order valence-electron chi connectivity index (χ4n) is 2.81. The van der Waals surface area contributed by atoms with Crippen molar-refractivity contribution in [3.63, 3.8) is 0 Å². The fourth-order valence-corrected chi connectivity index (χ4v) is 4.76. The normalized spacial score (nSPS) is 19.2. The minimum Gasteiger partial charge on any atom is -0.490 e. The number of rotatable bonds is 6. The molecule has 5 nitrogen and oxygen atoms in total. The highest BCUT2D eigenvalue weighted by Crippen LogP contribution is 2.33. The Labute approximate surface area is 163 Å². The standard InChI is InChI=1S/C19H22BrNO4S/c1-2-3-11-21-13-17(14-24-16-7-5-4-6-8-16)25-18-12-15(20)9-10-19(18)26(21,22)23/h4-10,12,17H,2-3,11,13-14H2,1H3. The predicted molar refractivity (Wildman–Crippen MR) is 104 cm³/mol. The monoisotopic (exact) mass is 439 g/mol. The van der Waals surface area contributed by atoms with Gasteiger partial charge in [0.05, 0.1) is 6.54 Å². The van der Waals surface area contributed by atoms with Crippen LogP contribution in [0.2, 0.25) is 0 Å². The first kappa shape index (κ1) is 19.2. The van der Waals surface area contributed by atoms with Crippen LogP contribution in [0.3, 0.4) is 0 Å². The highest BCUT2D eigenvalue weighted by Gasteiger charge is 2.34. The minimum absolute atomic E-state index is 0.207. The van der Waals surface area contributed by atoms with E-state index < -0.39 is 16.1 Å². The van der Waals surface area contributed by atoms with Crippen molar-refractivity contribution in [3.8, 4) is 11.5 Å². The molecule has 1 aliphatic rings. The third kappa shape index (κ3) is 4.39. The van der Waals surface area contributed by atoms with Crippen LogP contribution in [0.4, 0.5) is 0 Å². The SMILES string of the molecule is CCCCN1CC(COc2ccccc2)Oc2cc(Br)ccc2S1(=O)=O. The van der Waals surface area contributed by atoms with E-state index in [1.807, 2.05) is 37.3 Å². The first-order valence-electron chi connectivity index (χ1n) is 8.65. The zero-order valence-corrected chi connectivity index (χ0v) is 17.0. The molecule has 140 valence electrons. The number of benzene rings is 2. The Morgan fingerprint density at radius 2 is 2.00 bits per heavy atom. The highest BCUT2D eigenvalue weighted by atomic mass is 79.9. The van der Waals surface area contributed by atoms with Gasteiger partial charge in [0.1, 0.15) is 29.1 Å². The predicted octanol–water partition coefficient (Wildman–Crippen LogP) is 4.08. The van der Waals surface area contributed by atoms with Crippen LogP contribution in [-0.4, -0.2) is 38.5 Å². The second kappa shape index (κ2) is 8.41. The maximum Gasteiger partial charge on any atom is 0.246 e. The van der Waals surface area contributed by atoms with Gasteiger partial charge in [-0.1, -0.05) is 47.5 Å². The summed E-state index contributed by atoms with van der Waals surface area (Å²) in [4.78, 5) is 0.207. The molecule has 1 heterocycles. The molecule has 0 N–H and O–H groups in total. The van der Waals surface area contributed by atoms with Gasteiger partial charge >= 0.3 is 0 Å². The van der Waals surface area contributed by atoms with Crippen LogP contribution in [0.15, 0.2) is 57.9 Å². The Kier molecular flexibility index (Phi) is 6.21. The van der Waals surface area contributed by atoms with Gasteiger partial charge in [0.2, 0.25) is 10.0 Å². The van der Waals surface area contributed by atoms with Crippen molar-refractivity contribution in [2.75, 3.05) is 19.7 Å². The lowest BCUT2D eigenvalue weighted by Gasteiger charge is -2.23. The van der Waals surface area contributed by atoms with E-state index in [4.69, 9.17) is 9.47 Å². The summed E-state index contributed by atoms with van der Waals surface area (Å²) >= 11 is 3.39. The molecule has 3 rings (SSSR count). The van der Waals surface area contributed by atoms with Crippen LogP contribution in [0.25, 0.3) is 0 Å². The van der Waals surface area contributed by atoms with Gasteiger partial charge in [-0.2, -0.15) is 4.31 Å². The molecule has 0 aliphatic carbocycles. The van der Waals surface area contributed by atoms with E-state index in [1.54, 1.807) is 18.2 Å². The number of para-hydroxylation sites is 1. The van der Waals surface area contributed by atoms with E-state index in [1.165, 1.54) is 4.31 Å². The van der Waals surface area contributed by atoms with E-state index in [2.05, 4.69) is 15.9 Å². The summed E-state index contributed by atoms with van der Waals surface area (Å²) in [6.45, 7) is 3.05. The Hall–Kier alpha value is -1.57. The zero-order valence-electron chi connectivity index (χ0n) is 14.6. The summed E-state index contributed by atoms with van der Waals surface area (Å²) in [7, 11) is -3.59. The van der Waals surface area contributed by atoms with Crippen molar-refractivity contribution in [2.24, 2.45) is 0 Å². The van der Waals surface area contributed by atoms with Crippen LogP contribution in [-0.2, 0) is 10.0 Å². The molecule has 1 aliphatic heterocycles. The van der Waals surface area contributed by atoms with E-state index in [0.717, 1.165) is 23.1 Å². The average Bonchev–Trinajstić information content (AvgIpc) is 2.73. The summed E-state index contributed by atoms with van der Waals surface area (Å²) < 4.78 is 40.2. The van der Waals surface area contributed by atoms with E-state index in [-0.39, 0.29) is 18.0 Å². The summed E-state index contributed by atoms with van der Waals surface area (Å²) in [5.41, 5.74) is 0. The maximum atomic E-state index is 13.1. The van der Waals surface area contributed by atoms with E-state index in [0.29, 0.717) is 12.3 Å². The van der Waals surface area contributed by atoms with Crippen molar-refractivity contribution in [1.82, 2.24) is 4.31 Å². The number of nitrogens with zero attached hydrogens (tertiary/aromatic N) is 1. The van der Waals surface area contributed by atoms with Gasteiger partial charge < -0.3 is 9.47 Å². The zero-order chi connectivity index (χ0) is 18.6. The smallest absolute Gasteiger partial charge is 0.246 e. The molecule has 0 radical (unpaired) electrons. The highest BCUT2D eigenvalue weighted by molar-refractivity contribution is 9.10. The van der Waals surface area contributed by atoms with Crippen molar-refractivity contribution < 1.29 is 17.9 Å². The van der Waals surface area contributed by atoms with Gasteiger partial charge in [-0.15, -0.1) is 0 Å². The number of halogens is 1. The van der Waals surface area contributed by atoms with Crippen molar-refractivity contribution in [1.29, 1.82) is 0 Å². The molecule has 2 aromatic carbocycles. The van der Waals surface area contributed by atoms with Crippen molar-refractivity contribution in [2.45, 2.75) is 30.8 Å². The Bertz CT molecular complexity index is 842. The lowest BCUT2D eigenvalue weighted by molar-refractivity contribution is 0.111. The van der Waals surface area contributed by atoms with E-state index in [9.17, 15) is 8.42 Å². The fraction of sp³-hybridized carbons (Fsp3) is 0.368. The largest absolute Gasteiger partial charge is 0.490 e. The summed E-state index contributed by atoms with van der Waals surface area (Å²) in [6.07, 6.45) is 1.33. The van der Waals surface area contributed by atoms with Crippen molar-refractivity contribution in [3.05, 3.63) is 53.0 Å². The number of hydrogen-bond acceptors (Lipinski definition) is 4. The third-order valence-corrected chi connectivity index (χ3v) is 6.56. The number of unbranched alkanes of at least 4 members (excludes halogenated alkanes) is 1. The molecule has 0 spiro atoms. The Balaban J connectivity index is 1.87. The molecule has 7 heteroatoms. The van der Waals surface area contributed by atoms with Gasteiger partial charge in [-0.3, -0.25) is 0 Å². The molecule has 1 atom stereocenters. The molecule has 0 saturated carbocycles. The van der Waals surface area contributed by atoms with E-state index >= 15 is 0 Å². The molecule has 0 bridgehead atoms. The second-order valence-electron chi connectivity index (χ2n) is 6.17.